The first-order chi connectivity index (χ1) is 13.0. The quantitative estimate of drug-likeness (QED) is 0.798. The van der Waals surface area contributed by atoms with Crippen molar-refractivity contribution < 1.29 is 9.59 Å². The lowest BCUT2D eigenvalue weighted by Gasteiger charge is -2.36. The van der Waals surface area contributed by atoms with Gasteiger partial charge in [0.2, 0.25) is 0 Å². The first kappa shape index (κ1) is 18.0. The summed E-state index contributed by atoms with van der Waals surface area (Å²) in [4.78, 5) is 33.8. The number of benzene rings is 1. The highest BCUT2D eigenvalue weighted by atomic mass is 35.5. The molecule has 0 aliphatic carbocycles. The van der Waals surface area contributed by atoms with Crippen molar-refractivity contribution in [2.24, 2.45) is 5.92 Å². The fourth-order valence-corrected chi connectivity index (χ4v) is 4.25. The molecule has 1 aromatic carbocycles. The Bertz CT molecular complexity index is 871. The van der Waals surface area contributed by atoms with E-state index in [-0.39, 0.29) is 17.9 Å². The van der Waals surface area contributed by atoms with E-state index in [1.165, 1.54) is 0 Å². The van der Waals surface area contributed by atoms with Crippen molar-refractivity contribution in [1.29, 1.82) is 0 Å². The van der Waals surface area contributed by atoms with E-state index < -0.39 is 0 Å². The largest absolute Gasteiger partial charge is 0.336 e. The van der Waals surface area contributed by atoms with Crippen LogP contribution in [0.1, 0.15) is 39.1 Å². The maximum Gasteiger partial charge on any atom is 0.254 e. The number of hydrogen-bond acceptors (Lipinski definition) is 3. The Balaban J connectivity index is 1.55. The third-order valence-corrected chi connectivity index (χ3v) is 6.01. The zero-order valence-electron chi connectivity index (χ0n) is 15.3. The number of fused-ring (bicyclic) bond motifs is 4. The second kappa shape index (κ2) is 7.31. The third kappa shape index (κ3) is 3.56. The minimum atomic E-state index is 0.00445. The molecule has 2 bridgehead atoms. The lowest BCUT2D eigenvalue weighted by Crippen LogP contribution is -2.47. The number of nitrogens with zero attached hydrogens (tertiary/aromatic N) is 3. The first-order valence-corrected chi connectivity index (χ1v) is 9.67. The number of pyridine rings is 1. The van der Waals surface area contributed by atoms with Crippen molar-refractivity contribution in [2.45, 2.75) is 25.8 Å². The number of piperidine rings is 1. The minimum absolute atomic E-state index is 0.00445. The summed E-state index contributed by atoms with van der Waals surface area (Å²) in [6.45, 7) is 3.88. The van der Waals surface area contributed by atoms with E-state index in [0.717, 1.165) is 18.4 Å². The Labute approximate surface area is 163 Å². The molecule has 5 rings (SSSR count). The van der Waals surface area contributed by atoms with Gasteiger partial charge in [-0.1, -0.05) is 17.7 Å². The summed E-state index contributed by atoms with van der Waals surface area (Å²) in [5, 5.41) is 0.607. The monoisotopic (exact) mass is 383 g/mol. The number of aromatic nitrogens is 1. The fraction of sp³-hybridized carbons (Fsp3) is 0.381. The number of aryl methyl sites for hydroxylation is 1. The van der Waals surface area contributed by atoms with Crippen molar-refractivity contribution in [3.8, 4) is 0 Å². The van der Waals surface area contributed by atoms with Crippen LogP contribution >= 0.6 is 11.6 Å². The van der Waals surface area contributed by atoms with E-state index >= 15 is 0 Å². The molecule has 0 saturated carbocycles. The van der Waals surface area contributed by atoms with E-state index in [1.807, 2.05) is 28.9 Å². The Morgan fingerprint density at radius 3 is 2.52 bits per heavy atom. The van der Waals surface area contributed by atoms with Crippen LogP contribution in [0, 0.1) is 12.8 Å². The molecule has 140 valence electrons. The highest BCUT2D eigenvalue weighted by molar-refractivity contribution is 6.31. The van der Waals surface area contributed by atoms with Gasteiger partial charge in [0.1, 0.15) is 0 Å². The van der Waals surface area contributed by atoms with Crippen molar-refractivity contribution in [1.82, 2.24) is 14.8 Å². The van der Waals surface area contributed by atoms with Crippen LogP contribution in [0.5, 0.6) is 0 Å². The highest BCUT2D eigenvalue weighted by Crippen LogP contribution is 2.30. The van der Waals surface area contributed by atoms with Crippen LogP contribution in [0.3, 0.4) is 0 Å². The predicted octanol–water partition coefficient (Wildman–Crippen LogP) is 3.42. The molecular weight excluding hydrogens is 362 g/mol. The molecule has 27 heavy (non-hydrogen) atoms. The average molecular weight is 384 g/mol. The highest BCUT2D eigenvalue weighted by Gasteiger charge is 2.39. The maximum absolute atomic E-state index is 13.1. The SMILES string of the molecule is Cc1ccc(C(=O)N2C[C@H]3CC[C@@H]2CN(C(=O)c2ccncc2)C3)cc1Cl. The summed E-state index contributed by atoms with van der Waals surface area (Å²) in [6.07, 6.45) is 5.24. The number of amides is 2. The van der Waals surface area contributed by atoms with Crippen LogP contribution in [0.2, 0.25) is 5.02 Å². The molecule has 2 atom stereocenters. The zero-order chi connectivity index (χ0) is 19.0. The fourth-order valence-electron chi connectivity index (χ4n) is 4.07. The number of rotatable bonds is 2. The molecule has 1 aromatic heterocycles. The molecule has 3 fully saturated rings. The van der Waals surface area contributed by atoms with Gasteiger partial charge >= 0.3 is 0 Å². The van der Waals surface area contributed by atoms with Crippen LogP contribution in [0.25, 0.3) is 0 Å². The summed E-state index contributed by atoms with van der Waals surface area (Å²) in [6, 6.07) is 8.99. The average Bonchev–Trinajstić information content (AvgIpc) is 3.01. The minimum Gasteiger partial charge on any atom is -0.336 e. The van der Waals surface area contributed by atoms with E-state index in [2.05, 4.69) is 4.98 Å². The van der Waals surface area contributed by atoms with Crippen molar-refractivity contribution in [3.63, 3.8) is 0 Å². The molecule has 2 amide bonds. The lowest BCUT2D eigenvalue weighted by atomic mass is 9.94. The Hall–Kier alpha value is -2.40. The van der Waals surface area contributed by atoms with Gasteiger partial charge in [0.25, 0.3) is 11.8 Å². The molecule has 3 aliphatic heterocycles. The van der Waals surface area contributed by atoms with Crippen molar-refractivity contribution in [3.05, 3.63) is 64.4 Å². The van der Waals surface area contributed by atoms with Crippen LogP contribution in [-0.2, 0) is 0 Å². The molecule has 4 heterocycles. The van der Waals surface area contributed by atoms with Gasteiger partial charge in [0.15, 0.2) is 0 Å². The van der Waals surface area contributed by atoms with Crippen LogP contribution in [-0.4, -0.2) is 52.3 Å². The Morgan fingerprint density at radius 2 is 1.78 bits per heavy atom. The van der Waals surface area contributed by atoms with Gasteiger partial charge in [-0.3, -0.25) is 14.6 Å². The van der Waals surface area contributed by atoms with Gasteiger partial charge in [-0.05, 0) is 55.5 Å². The number of halogens is 1. The summed E-state index contributed by atoms with van der Waals surface area (Å²) in [5.41, 5.74) is 2.22. The van der Waals surface area contributed by atoms with Crippen LogP contribution < -0.4 is 0 Å². The summed E-state index contributed by atoms with van der Waals surface area (Å²) in [7, 11) is 0. The molecule has 0 spiro atoms. The Kier molecular flexibility index (Phi) is 4.87. The third-order valence-electron chi connectivity index (χ3n) is 5.61. The van der Waals surface area contributed by atoms with Gasteiger partial charge in [-0.2, -0.15) is 0 Å². The van der Waals surface area contributed by atoms with E-state index in [4.69, 9.17) is 11.6 Å². The van der Waals surface area contributed by atoms with Crippen LogP contribution in [0.4, 0.5) is 0 Å². The van der Waals surface area contributed by atoms with Gasteiger partial charge in [-0.25, -0.2) is 0 Å². The molecule has 6 heteroatoms. The molecule has 3 aliphatic rings. The summed E-state index contributed by atoms with van der Waals surface area (Å²) >= 11 is 6.21. The molecule has 2 aromatic rings. The predicted molar refractivity (Wildman–Crippen MR) is 104 cm³/mol. The second-order valence-corrected chi connectivity index (χ2v) is 7.87. The molecule has 5 nitrogen and oxygen atoms in total. The second-order valence-electron chi connectivity index (χ2n) is 7.46. The normalized spacial score (nSPS) is 21.9. The Morgan fingerprint density at radius 1 is 1.00 bits per heavy atom. The van der Waals surface area contributed by atoms with Crippen LogP contribution in [0.15, 0.2) is 42.7 Å². The molecule has 0 N–H and O–H groups in total. The zero-order valence-corrected chi connectivity index (χ0v) is 16.0. The van der Waals surface area contributed by atoms with E-state index in [1.54, 1.807) is 30.6 Å². The molecule has 0 unspecified atom stereocenters. The van der Waals surface area contributed by atoms with Gasteiger partial charge < -0.3 is 9.80 Å². The smallest absolute Gasteiger partial charge is 0.254 e. The maximum atomic E-state index is 13.1. The lowest BCUT2D eigenvalue weighted by molar-refractivity contribution is 0.0574. The number of carbonyl (C=O) groups is 2. The van der Waals surface area contributed by atoms with Gasteiger partial charge in [0.05, 0.1) is 0 Å². The summed E-state index contributed by atoms with van der Waals surface area (Å²) in [5.74, 6) is 0.325. The van der Waals surface area contributed by atoms with E-state index in [0.29, 0.717) is 41.7 Å². The summed E-state index contributed by atoms with van der Waals surface area (Å²) < 4.78 is 0. The van der Waals surface area contributed by atoms with Crippen molar-refractivity contribution in [2.75, 3.05) is 19.6 Å². The molecule has 0 radical (unpaired) electrons. The van der Waals surface area contributed by atoms with E-state index in [9.17, 15) is 9.59 Å². The van der Waals surface area contributed by atoms with Gasteiger partial charge in [0, 0.05) is 54.2 Å². The molecular formula is C21H22ClN3O2. The first-order valence-electron chi connectivity index (χ1n) is 9.29. The number of carbonyl (C=O) groups excluding carboxylic acids is 2. The number of hydrogen-bond donors (Lipinski definition) is 0. The molecule has 3 saturated heterocycles. The van der Waals surface area contributed by atoms with Gasteiger partial charge in [-0.15, -0.1) is 0 Å². The standard InChI is InChI=1S/C21H22ClN3O2/c1-14-2-4-17(10-19(14)22)21(27)25-12-15-3-5-18(25)13-24(11-15)20(26)16-6-8-23-9-7-16/h2,4,6-10,15,18H,3,5,11-13H2,1H3/t15-,18+/m0/s1. The topological polar surface area (TPSA) is 53.5 Å². The van der Waals surface area contributed by atoms with Crippen molar-refractivity contribution >= 4 is 23.4 Å².